The molecule has 0 unspecified atom stereocenters. The number of aromatic nitrogens is 5. The Morgan fingerprint density at radius 3 is 2.00 bits per heavy atom. The molecule has 5 nitrogen and oxygen atoms in total. The number of hydrogen-bond acceptors (Lipinski definition) is 3. The normalized spacial score (nSPS) is 11.2. The highest BCUT2D eigenvalue weighted by Gasteiger charge is 2.25. The lowest BCUT2D eigenvalue weighted by Gasteiger charge is -2.16. The van der Waals surface area contributed by atoms with Gasteiger partial charge in [-0.2, -0.15) is 0 Å². The van der Waals surface area contributed by atoms with Crippen molar-refractivity contribution in [1.82, 2.24) is 24.1 Å². The number of rotatable bonds is 3. The second-order valence-electron chi connectivity index (χ2n) is 4.93. The monoisotopic (exact) mass is 267 g/mol. The third-order valence-electron chi connectivity index (χ3n) is 3.44. The molecule has 102 valence electrons. The van der Waals surface area contributed by atoms with Crippen LogP contribution < -0.4 is 0 Å². The molecule has 3 rings (SSSR count). The quantitative estimate of drug-likeness (QED) is 0.729. The standard InChI is InChI=1S/C15H17N5/c1-11-5-4-6-12(18-11)13(14-16-7-9-19(14)2)15-17-8-10-20(15)3/h4-10,13H,1-3H3. The average Bonchev–Trinajstić information content (AvgIpc) is 3.01. The molecule has 0 radical (unpaired) electrons. The molecule has 3 aromatic heterocycles. The Morgan fingerprint density at radius 1 is 0.950 bits per heavy atom. The summed E-state index contributed by atoms with van der Waals surface area (Å²) in [6.07, 6.45) is 7.50. The Bertz CT molecular complexity index is 685. The zero-order valence-corrected chi connectivity index (χ0v) is 11.9. The second kappa shape index (κ2) is 4.92. The van der Waals surface area contributed by atoms with Gasteiger partial charge in [0.25, 0.3) is 0 Å². The fourth-order valence-corrected chi connectivity index (χ4v) is 2.42. The summed E-state index contributed by atoms with van der Waals surface area (Å²) in [4.78, 5) is 13.6. The molecule has 3 heterocycles. The number of pyridine rings is 1. The summed E-state index contributed by atoms with van der Waals surface area (Å²) < 4.78 is 4.03. The van der Waals surface area contributed by atoms with Crippen LogP contribution in [0.1, 0.15) is 29.0 Å². The zero-order valence-electron chi connectivity index (χ0n) is 11.9. The summed E-state index contributed by atoms with van der Waals surface area (Å²) in [6, 6.07) is 6.05. The summed E-state index contributed by atoms with van der Waals surface area (Å²) in [6.45, 7) is 2.00. The van der Waals surface area contributed by atoms with Gasteiger partial charge in [0.15, 0.2) is 0 Å². The van der Waals surface area contributed by atoms with Crippen LogP contribution in [0.15, 0.2) is 43.0 Å². The maximum atomic E-state index is 4.66. The maximum absolute atomic E-state index is 4.66. The minimum atomic E-state index is -0.0603. The van der Waals surface area contributed by atoms with E-state index in [1.54, 1.807) is 12.4 Å². The Balaban J connectivity index is 2.19. The Morgan fingerprint density at radius 2 is 1.55 bits per heavy atom. The number of aryl methyl sites for hydroxylation is 3. The van der Waals surface area contributed by atoms with E-state index in [0.29, 0.717) is 0 Å². The summed E-state index contributed by atoms with van der Waals surface area (Å²) in [7, 11) is 3.99. The first-order valence-electron chi connectivity index (χ1n) is 6.55. The molecule has 0 saturated heterocycles. The Hall–Kier alpha value is -2.43. The molecule has 0 amide bonds. The van der Waals surface area contributed by atoms with Crippen molar-refractivity contribution in [1.29, 1.82) is 0 Å². The number of nitrogens with zero attached hydrogens (tertiary/aromatic N) is 5. The van der Waals surface area contributed by atoms with E-state index < -0.39 is 0 Å². The predicted molar refractivity (Wildman–Crippen MR) is 76.3 cm³/mol. The number of hydrogen-bond donors (Lipinski definition) is 0. The molecule has 0 aliphatic carbocycles. The van der Waals surface area contributed by atoms with Crippen molar-refractivity contribution < 1.29 is 0 Å². The lowest BCUT2D eigenvalue weighted by Crippen LogP contribution is -2.15. The van der Waals surface area contributed by atoms with Crippen molar-refractivity contribution in [3.8, 4) is 0 Å². The van der Waals surface area contributed by atoms with E-state index >= 15 is 0 Å². The van der Waals surface area contributed by atoms with Crippen LogP contribution in [0, 0.1) is 6.92 Å². The van der Waals surface area contributed by atoms with Crippen LogP contribution in [-0.2, 0) is 14.1 Å². The summed E-state index contributed by atoms with van der Waals surface area (Å²) in [5, 5.41) is 0. The predicted octanol–water partition coefficient (Wildman–Crippen LogP) is 2.04. The van der Waals surface area contributed by atoms with Crippen LogP contribution in [0.3, 0.4) is 0 Å². The zero-order chi connectivity index (χ0) is 14.1. The molecule has 20 heavy (non-hydrogen) atoms. The van der Waals surface area contributed by atoms with E-state index in [1.807, 2.05) is 60.7 Å². The van der Waals surface area contributed by atoms with Crippen molar-refractivity contribution in [2.45, 2.75) is 12.8 Å². The van der Waals surface area contributed by atoms with Crippen LogP contribution in [-0.4, -0.2) is 24.1 Å². The molecule has 3 aromatic rings. The van der Waals surface area contributed by atoms with E-state index in [4.69, 9.17) is 0 Å². The molecule has 0 saturated carbocycles. The van der Waals surface area contributed by atoms with E-state index in [2.05, 4.69) is 15.0 Å². The Kier molecular flexibility index (Phi) is 3.10. The summed E-state index contributed by atoms with van der Waals surface area (Å²) >= 11 is 0. The van der Waals surface area contributed by atoms with E-state index in [9.17, 15) is 0 Å². The van der Waals surface area contributed by atoms with Crippen molar-refractivity contribution in [2.75, 3.05) is 0 Å². The Labute approximate surface area is 118 Å². The molecule has 0 spiro atoms. The van der Waals surface area contributed by atoms with Crippen LogP contribution in [0.25, 0.3) is 0 Å². The van der Waals surface area contributed by atoms with E-state index in [1.165, 1.54) is 0 Å². The molecule has 0 aliphatic rings. The van der Waals surface area contributed by atoms with E-state index in [0.717, 1.165) is 23.0 Å². The molecule has 0 N–H and O–H groups in total. The molecular weight excluding hydrogens is 250 g/mol. The van der Waals surface area contributed by atoms with Crippen molar-refractivity contribution in [3.05, 3.63) is 66.0 Å². The van der Waals surface area contributed by atoms with Gasteiger partial charge in [0.2, 0.25) is 0 Å². The molecule has 0 aromatic carbocycles. The maximum Gasteiger partial charge on any atom is 0.125 e. The van der Waals surface area contributed by atoms with Gasteiger partial charge < -0.3 is 9.13 Å². The minimum Gasteiger partial charge on any atom is -0.337 e. The van der Waals surface area contributed by atoms with Gasteiger partial charge in [-0.25, -0.2) is 9.97 Å². The fraction of sp³-hybridized carbons (Fsp3) is 0.267. The number of imidazole rings is 2. The van der Waals surface area contributed by atoms with E-state index in [-0.39, 0.29) is 5.92 Å². The third kappa shape index (κ3) is 2.11. The van der Waals surface area contributed by atoms with Gasteiger partial charge in [-0.3, -0.25) is 4.98 Å². The lowest BCUT2D eigenvalue weighted by molar-refractivity contribution is 0.678. The highest BCUT2D eigenvalue weighted by Crippen LogP contribution is 2.27. The first kappa shape index (κ1) is 12.6. The first-order valence-corrected chi connectivity index (χ1v) is 6.55. The molecule has 0 fully saturated rings. The van der Waals surface area contributed by atoms with Crippen molar-refractivity contribution >= 4 is 0 Å². The molecule has 0 atom stereocenters. The highest BCUT2D eigenvalue weighted by molar-refractivity contribution is 5.29. The SMILES string of the molecule is Cc1cccc(C(c2nccn2C)c2nccn2C)n1. The first-order chi connectivity index (χ1) is 9.66. The van der Waals surface area contributed by atoms with Crippen LogP contribution in [0.5, 0.6) is 0 Å². The van der Waals surface area contributed by atoms with Gasteiger partial charge in [0.1, 0.15) is 17.6 Å². The van der Waals surface area contributed by atoms with Crippen LogP contribution in [0.2, 0.25) is 0 Å². The molecular formula is C15H17N5. The van der Waals surface area contributed by atoms with Crippen LogP contribution in [0.4, 0.5) is 0 Å². The lowest BCUT2D eigenvalue weighted by atomic mass is 10.0. The van der Waals surface area contributed by atoms with Gasteiger partial charge >= 0.3 is 0 Å². The highest BCUT2D eigenvalue weighted by atomic mass is 15.1. The molecule has 0 aliphatic heterocycles. The van der Waals surface area contributed by atoms with Gasteiger partial charge in [-0.1, -0.05) is 6.07 Å². The largest absolute Gasteiger partial charge is 0.337 e. The average molecular weight is 267 g/mol. The summed E-state index contributed by atoms with van der Waals surface area (Å²) in [5.41, 5.74) is 1.96. The van der Waals surface area contributed by atoms with Gasteiger partial charge in [-0.05, 0) is 19.1 Å². The second-order valence-corrected chi connectivity index (χ2v) is 4.93. The molecule has 0 bridgehead atoms. The summed E-state index contributed by atoms with van der Waals surface area (Å²) in [5.74, 6) is 1.82. The fourth-order valence-electron chi connectivity index (χ4n) is 2.42. The van der Waals surface area contributed by atoms with Crippen LogP contribution >= 0.6 is 0 Å². The smallest absolute Gasteiger partial charge is 0.125 e. The topological polar surface area (TPSA) is 48.5 Å². The van der Waals surface area contributed by atoms with Crippen molar-refractivity contribution in [3.63, 3.8) is 0 Å². The van der Waals surface area contributed by atoms with Gasteiger partial charge in [0.05, 0.1) is 5.69 Å². The van der Waals surface area contributed by atoms with Gasteiger partial charge in [-0.15, -0.1) is 0 Å². The third-order valence-corrected chi connectivity index (χ3v) is 3.44. The minimum absolute atomic E-state index is 0.0603. The van der Waals surface area contributed by atoms with Gasteiger partial charge in [0, 0.05) is 44.6 Å². The van der Waals surface area contributed by atoms with Crippen molar-refractivity contribution in [2.24, 2.45) is 14.1 Å². The molecule has 5 heteroatoms.